The topological polar surface area (TPSA) is 86.2 Å². The second-order valence-electron chi connectivity index (χ2n) is 7.30. The van der Waals surface area contributed by atoms with Crippen LogP contribution in [0.4, 0.5) is 0 Å². The van der Waals surface area contributed by atoms with Crippen LogP contribution in [-0.4, -0.2) is 33.5 Å². The Labute approximate surface area is 189 Å². The van der Waals surface area contributed by atoms with Gasteiger partial charge in [0.1, 0.15) is 24.0 Å². The molecule has 1 aromatic carbocycles. The first-order chi connectivity index (χ1) is 15.8. The zero-order valence-electron chi connectivity index (χ0n) is 17.1. The van der Waals surface area contributed by atoms with E-state index in [2.05, 4.69) is 26.3 Å². The zero-order valence-corrected chi connectivity index (χ0v) is 17.9. The van der Waals surface area contributed by atoms with E-state index in [0.717, 1.165) is 27.4 Å². The second kappa shape index (κ2) is 9.15. The lowest BCUT2D eigenvalue weighted by molar-refractivity contribution is 0.0915. The number of hydrogen-bond acceptors (Lipinski definition) is 7. The van der Waals surface area contributed by atoms with Gasteiger partial charge in [0.15, 0.2) is 0 Å². The molecular weight excluding hydrogens is 424 g/mol. The van der Waals surface area contributed by atoms with Crippen molar-refractivity contribution in [1.82, 2.24) is 20.3 Å². The van der Waals surface area contributed by atoms with Gasteiger partial charge >= 0.3 is 0 Å². The van der Waals surface area contributed by atoms with Gasteiger partial charge < -0.3 is 14.8 Å². The van der Waals surface area contributed by atoms with Crippen LogP contribution in [0.5, 0.6) is 11.6 Å². The van der Waals surface area contributed by atoms with E-state index in [4.69, 9.17) is 9.47 Å². The predicted octanol–water partition coefficient (Wildman–Crippen LogP) is 3.91. The lowest BCUT2D eigenvalue weighted by Gasteiger charge is -2.28. The molecule has 160 valence electrons. The Kier molecular flexibility index (Phi) is 5.76. The van der Waals surface area contributed by atoms with E-state index in [1.54, 1.807) is 30.7 Å². The third-order valence-corrected chi connectivity index (χ3v) is 5.93. The molecule has 0 saturated heterocycles. The average Bonchev–Trinajstić information content (AvgIpc) is 3.37. The molecule has 0 unspecified atom stereocenters. The molecule has 1 aliphatic rings. The van der Waals surface area contributed by atoms with Gasteiger partial charge in [0.25, 0.3) is 5.91 Å². The number of rotatable bonds is 6. The Morgan fingerprint density at radius 2 is 2.03 bits per heavy atom. The molecule has 32 heavy (non-hydrogen) atoms. The fourth-order valence-corrected chi connectivity index (χ4v) is 4.16. The standard InChI is InChI=1S/C24H20N4O3S/c29-24(17-4-5-22(27-13-17)31-15-23-26-10-11-32-23)28-18-12-20-19(16-6-8-25-9-7-16)2-1-3-21(20)30-14-18/h1-11,13,18H,12,14-15H2,(H,28,29)/t18-/m0/s1. The van der Waals surface area contributed by atoms with Crippen LogP contribution in [-0.2, 0) is 13.0 Å². The highest BCUT2D eigenvalue weighted by Gasteiger charge is 2.24. The van der Waals surface area contributed by atoms with Gasteiger partial charge in [-0.1, -0.05) is 12.1 Å². The minimum absolute atomic E-state index is 0.140. The molecule has 0 radical (unpaired) electrons. The molecule has 8 heteroatoms. The SMILES string of the molecule is O=C(N[C@@H]1COc2cccc(-c3ccncc3)c2C1)c1ccc(OCc2nccs2)nc1. The zero-order chi connectivity index (χ0) is 21.8. The third kappa shape index (κ3) is 4.45. The monoisotopic (exact) mass is 444 g/mol. The van der Waals surface area contributed by atoms with E-state index in [1.165, 1.54) is 17.5 Å². The molecule has 1 aliphatic heterocycles. The lowest BCUT2D eigenvalue weighted by Crippen LogP contribution is -2.42. The van der Waals surface area contributed by atoms with Crippen LogP contribution in [0.1, 0.15) is 20.9 Å². The Morgan fingerprint density at radius 3 is 2.81 bits per heavy atom. The first-order valence-corrected chi connectivity index (χ1v) is 11.1. The van der Waals surface area contributed by atoms with Crippen molar-refractivity contribution in [2.24, 2.45) is 0 Å². The molecule has 1 N–H and O–H groups in total. The molecular formula is C24H20N4O3S. The molecule has 1 amide bonds. The summed E-state index contributed by atoms with van der Waals surface area (Å²) < 4.78 is 11.6. The van der Waals surface area contributed by atoms with Crippen LogP contribution in [0.2, 0.25) is 0 Å². The Bertz CT molecular complexity index is 1200. The number of aromatic nitrogens is 3. The van der Waals surface area contributed by atoms with Gasteiger partial charge in [-0.2, -0.15) is 0 Å². The quantitative estimate of drug-likeness (QED) is 0.485. The Balaban J connectivity index is 1.24. The first-order valence-electron chi connectivity index (χ1n) is 10.2. The van der Waals surface area contributed by atoms with E-state index >= 15 is 0 Å². The number of nitrogens with one attached hydrogen (secondary N) is 1. The Morgan fingerprint density at radius 1 is 1.12 bits per heavy atom. The lowest BCUT2D eigenvalue weighted by atomic mass is 9.93. The van der Waals surface area contributed by atoms with Gasteiger partial charge in [-0.25, -0.2) is 9.97 Å². The summed E-state index contributed by atoms with van der Waals surface area (Å²) in [5.41, 5.74) is 3.72. The number of carbonyl (C=O) groups is 1. The predicted molar refractivity (Wildman–Crippen MR) is 121 cm³/mol. The summed E-state index contributed by atoms with van der Waals surface area (Å²) in [7, 11) is 0. The Hall–Kier alpha value is -3.78. The highest BCUT2D eigenvalue weighted by atomic mass is 32.1. The molecule has 5 rings (SSSR count). The summed E-state index contributed by atoms with van der Waals surface area (Å²) in [5.74, 6) is 1.12. The van der Waals surface area contributed by atoms with Crippen molar-refractivity contribution in [2.45, 2.75) is 19.1 Å². The number of nitrogens with zero attached hydrogens (tertiary/aromatic N) is 3. The van der Waals surface area contributed by atoms with Gasteiger partial charge in [-0.05, 0) is 35.4 Å². The number of pyridine rings is 2. The molecule has 0 fully saturated rings. The van der Waals surface area contributed by atoms with Crippen molar-refractivity contribution >= 4 is 17.2 Å². The number of amides is 1. The molecule has 4 aromatic rings. The second-order valence-corrected chi connectivity index (χ2v) is 8.28. The van der Waals surface area contributed by atoms with Crippen molar-refractivity contribution in [1.29, 1.82) is 0 Å². The maximum absolute atomic E-state index is 12.8. The van der Waals surface area contributed by atoms with Crippen molar-refractivity contribution < 1.29 is 14.3 Å². The van der Waals surface area contributed by atoms with Crippen LogP contribution in [0.3, 0.4) is 0 Å². The summed E-state index contributed by atoms with van der Waals surface area (Å²) in [4.78, 5) is 25.3. The van der Waals surface area contributed by atoms with Crippen LogP contribution >= 0.6 is 11.3 Å². The van der Waals surface area contributed by atoms with Gasteiger partial charge in [0, 0.05) is 48.2 Å². The minimum atomic E-state index is -0.192. The maximum Gasteiger partial charge on any atom is 0.253 e. The van der Waals surface area contributed by atoms with Crippen molar-refractivity contribution in [2.75, 3.05) is 6.61 Å². The fraction of sp³-hybridized carbons (Fsp3) is 0.167. The third-order valence-electron chi connectivity index (χ3n) is 5.18. The van der Waals surface area contributed by atoms with E-state index in [1.807, 2.05) is 29.6 Å². The van der Waals surface area contributed by atoms with Crippen molar-refractivity contribution in [3.63, 3.8) is 0 Å². The average molecular weight is 445 g/mol. The van der Waals surface area contributed by atoms with Crippen LogP contribution in [0.15, 0.2) is 72.6 Å². The number of benzene rings is 1. The summed E-state index contributed by atoms with van der Waals surface area (Å²) in [5, 5.41) is 5.83. The number of carbonyl (C=O) groups excluding carboxylic acids is 1. The molecule has 3 aromatic heterocycles. The summed E-state index contributed by atoms with van der Waals surface area (Å²) >= 11 is 1.52. The molecule has 0 aliphatic carbocycles. The van der Waals surface area contributed by atoms with E-state index in [0.29, 0.717) is 31.1 Å². The van der Waals surface area contributed by atoms with Gasteiger partial charge in [-0.3, -0.25) is 9.78 Å². The van der Waals surface area contributed by atoms with Crippen molar-refractivity contribution in [3.8, 4) is 22.8 Å². The normalized spacial score (nSPS) is 14.8. The van der Waals surface area contributed by atoms with E-state index in [-0.39, 0.29) is 11.9 Å². The summed E-state index contributed by atoms with van der Waals surface area (Å²) in [6.07, 6.45) is 7.48. The van der Waals surface area contributed by atoms with Crippen LogP contribution in [0.25, 0.3) is 11.1 Å². The number of fused-ring (bicyclic) bond motifs is 1. The van der Waals surface area contributed by atoms with Crippen LogP contribution in [0, 0.1) is 0 Å². The summed E-state index contributed by atoms with van der Waals surface area (Å²) in [6.45, 7) is 0.774. The highest BCUT2D eigenvalue weighted by molar-refractivity contribution is 7.09. The largest absolute Gasteiger partial charge is 0.491 e. The molecule has 0 saturated carbocycles. The van der Waals surface area contributed by atoms with Gasteiger partial charge in [0.2, 0.25) is 5.88 Å². The number of hydrogen-bond donors (Lipinski definition) is 1. The maximum atomic E-state index is 12.8. The molecule has 7 nitrogen and oxygen atoms in total. The summed E-state index contributed by atoms with van der Waals surface area (Å²) in [6, 6.07) is 13.2. The molecule has 1 atom stereocenters. The number of ether oxygens (including phenoxy) is 2. The fourth-order valence-electron chi connectivity index (χ4n) is 3.63. The highest BCUT2D eigenvalue weighted by Crippen LogP contribution is 2.34. The molecule has 0 spiro atoms. The van der Waals surface area contributed by atoms with Gasteiger partial charge in [0.05, 0.1) is 11.6 Å². The van der Waals surface area contributed by atoms with Crippen LogP contribution < -0.4 is 14.8 Å². The minimum Gasteiger partial charge on any atom is -0.491 e. The van der Waals surface area contributed by atoms with E-state index < -0.39 is 0 Å². The van der Waals surface area contributed by atoms with Gasteiger partial charge in [-0.15, -0.1) is 11.3 Å². The van der Waals surface area contributed by atoms with Crippen molar-refractivity contribution in [3.05, 3.63) is 88.8 Å². The molecule has 4 heterocycles. The molecule has 0 bridgehead atoms. The smallest absolute Gasteiger partial charge is 0.253 e. The van der Waals surface area contributed by atoms with E-state index in [9.17, 15) is 4.79 Å². The first kappa shape index (κ1) is 20.1. The number of thiazole rings is 1.